The summed E-state index contributed by atoms with van der Waals surface area (Å²) in [5.74, 6) is 0.899. The quantitative estimate of drug-likeness (QED) is 0.852. The summed E-state index contributed by atoms with van der Waals surface area (Å²) in [7, 11) is 1.69. The summed E-state index contributed by atoms with van der Waals surface area (Å²) in [6, 6.07) is 17.4. The maximum absolute atomic E-state index is 5.18. The number of ether oxygens (including phenoxy) is 1. The fourth-order valence-electron chi connectivity index (χ4n) is 2.17. The summed E-state index contributed by atoms with van der Waals surface area (Å²) in [5.41, 5.74) is 3.98. The molecule has 0 heterocycles. The van der Waals surface area contributed by atoms with E-state index in [1.54, 1.807) is 7.11 Å². The molecule has 0 saturated heterocycles. The number of methoxy groups -OCH3 is 1. The molecule has 2 nitrogen and oxygen atoms in total. The van der Waals surface area contributed by atoms with Crippen LogP contribution < -0.4 is 10.1 Å². The molecule has 1 atom stereocenters. The zero-order valence-corrected chi connectivity index (χ0v) is 12.5. The molecule has 0 radical (unpaired) electrons. The van der Waals surface area contributed by atoms with Gasteiger partial charge in [0.1, 0.15) is 5.75 Å². The van der Waals surface area contributed by atoms with Crippen molar-refractivity contribution in [1.82, 2.24) is 5.32 Å². The van der Waals surface area contributed by atoms with Gasteiger partial charge in [0.05, 0.1) is 7.11 Å². The highest BCUT2D eigenvalue weighted by atomic mass is 16.5. The van der Waals surface area contributed by atoms with Crippen molar-refractivity contribution in [3.05, 3.63) is 65.2 Å². The van der Waals surface area contributed by atoms with Crippen molar-refractivity contribution in [2.75, 3.05) is 7.11 Å². The van der Waals surface area contributed by atoms with Gasteiger partial charge in [-0.25, -0.2) is 0 Å². The van der Waals surface area contributed by atoms with Crippen LogP contribution in [0.1, 0.15) is 36.6 Å². The Morgan fingerprint density at radius 1 is 0.950 bits per heavy atom. The van der Waals surface area contributed by atoms with E-state index in [4.69, 9.17) is 4.74 Å². The maximum atomic E-state index is 5.18. The van der Waals surface area contributed by atoms with Crippen LogP contribution in [0.3, 0.4) is 0 Å². The molecule has 0 bridgehead atoms. The molecular weight excluding hydrogens is 246 g/mol. The molecule has 0 aromatic heterocycles. The average Bonchev–Trinajstić information content (AvgIpc) is 2.53. The van der Waals surface area contributed by atoms with Crippen LogP contribution >= 0.6 is 0 Å². The van der Waals surface area contributed by atoms with Gasteiger partial charge in [0.25, 0.3) is 0 Å². The molecule has 0 saturated carbocycles. The Morgan fingerprint density at radius 2 is 1.55 bits per heavy atom. The summed E-state index contributed by atoms with van der Waals surface area (Å²) in [4.78, 5) is 0. The standard InChI is InChI=1S/C18H23NO/c1-4-15-5-7-16(8-6-15)13-19-14(2)17-9-11-18(20-3)12-10-17/h5-12,14,19H,4,13H2,1-3H3/t14-/m0/s1. The Labute approximate surface area is 121 Å². The second-order valence-corrected chi connectivity index (χ2v) is 5.05. The minimum atomic E-state index is 0.326. The highest BCUT2D eigenvalue weighted by Crippen LogP contribution is 2.17. The third-order valence-electron chi connectivity index (χ3n) is 3.66. The highest BCUT2D eigenvalue weighted by molar-refractivity contribution is 5.29. The lowest BCUT2D eigenvalue weighted by Gasteiger charge is -2.15. The Balaban J connectivity index is 1.91. The minimum Gasteiger partial charge on any atom is -0.497 e. The number of hydrogen-bond acceptors (Lipinski definition) is 2. The normalized spacial score (nSPS) is 12.2. The molecule has 2 heteroatoms. The van der Waals surface area contributed by atoms with Gasteiger partial charge in [-0.15, -0.1) is 0 Å². The summed E-state index contributed by atoms with van der Waals surface area (Å²) >= 11 is 0. The molecule has 2 aromatic rings. The lowest BCUT2D eigenvalue weighted by atomic mass is 10.1. The Morgan fingerprint density at radius 3 is 2.10 bits per heavy atom. The molecule has 0 spiro atoms. The fraction of sp³-hybridized carbons (Fsp3) is 0.333. The van der Waals surface area contributed by atoms with Crippen molar-refractivity contribution in [2.24, 2.45) is 0 Å². The first-order chi connectivity index (χ1) is 9.72. The molecule has 2 rings (SSSR count). The van der Waals surface area contributed by atoms with E-state index in [2.05, 4.69) is 55.6 Å². The summed E-state index contributed by atoms with van der Waals surface area (Å²) in [6.45, 7) is 5.25. The van der Waals surface area contributed by atoms with Crippen molar-refractivity contribution in [1.29, 1.82) is 0 Å². The molecule has 0 aliphatic carbocycles. The predicted molar refractivity (Wildman–Crippen MR) is 84.1 cm³/mol. The first-order valence-corrected chi connectivity index (χ1v) is 7.18. The Bertz CT molecular complexity index is 516. The monoisotopic (exact) mass is 269 g/mol. The van der Waals surface area contributed by atoms with E-state index in [1.807, 2.05) is 12.1 Å². The van der Waals surface area contributed by atoms with Gasteiger partial charge in [-0.2, -0.15) is 0 Å². The second-order valence-electron chi connectivity index (χ2n) is 5.05. The highest BCUT2D eigenvalue weighted by Gasteiger charge is 2.05. The van der Waals surface area contributed by atoms with Crippen LogP contribution in [0.2, 0.25) is 0 Å². The molecule has 1 N–H and O–H groups in total. The van der Waals surface area contributed by atoms with Gasteiger partial charge in [0.15, 0.2) is 0 Å². The van der Waals surface area contributed by atoms with E-state index in [0.29, 0.717) is 6.04 Å². The molecule has 106 valence electrons. The van der Waals surface area contributed by atoms with Crippen molar-refractivity contribution in [2.45, 2.75) is 32.9 Å². The Kier molecular flexibility index (Phi) is 5.19. The first-order valence-electron chi connectivity index (χ1n) is 7.18. The Hall–Kier alpha value is -1.80. The molecule has 0 aliphatic rings. The minimum absolute atomic E-state index is 0.326. The van der Waals surface area contributed by atoms with Crippen molar-refractivity contribution >= 4 is 0 Å². The third-order valence-corrected chi connectivity index (χ3v) is 3.66. The summed E-state index contributed by atoms with van der Waals surface area (Å²) in [5, 5.41) is 3.55. The van der Waals surface area contributed by atoms with Crippen LogP contribution in [0.5, 0.6) is 5.75 Å². The lowest BCUT2D eigenvalue weighted by molar-refractivity contribution is 0.414. The van der Waals surface area contributed by atoms with E-state index in [0.717, 1.165) is 18.7 Å². The SMILES string of the molecule is CCc1ccc(CN[C@@H](C)c2ccc(OC)cc2)cc1. The number of hydrogen-bond donors (Lipinski definition) is 1. The number of rotatable bonds is 6. The van der Waals surface area contributed by atoms with Gasteiger partial charge in [-0.3, -0.25) is 0 Å². The smallest absolute Gasteiger partial charge is 0.118 e. The van der Waals surface area contributed by atoms with Gasteiger partial charge in [0, 0.05) is 12.6 Å². The van der Waals surface area contributed by atoms with Crippen molar-refractivity contribution in [3.63, 3.8) is 0 Å². The van der Waals surface area contributed by atoms with E-state index in [-0.39, 0.29) is 0 Å². The fourth-order valence-corrected chi connectivity index (χ4v) is 2.17. The van der Waals surface area contributed by atoms with E-state index in [1.165, 1.54) is 16.7 Å². The van der Waals surface area contributed by atoms with Gasteiger partial charge in [-0.05, 0) is 42.2 Å². The second kappa shape index (κ2) is 7.11. The van der Waals surface area contributed by atoms with Crippen LogP contribution in [0, 0.1) is 0 Å². The zero-order chi connectivity index (χ0) is 14.4. The molecule has 20 heavy (non-hydrogen) atoms. The van der Waals surface area contributed by atoms with Crippen molar-refractivity contribution < 1.29 is 4.74 Å². The number of benzene rings is 2. The molecule has 2 aromatic carbocycles. The average molecular weight is 269 g/mol. The van der Waals surface area contributed by atoms with Gasteiger partial charge in [-0.1, -0.05) is 43.3 Å². The largest absolute Gasteiger partial charge is 0.497 e. The van der Waals surface area contributed by atoms with Crippen LogP contribution in [0.25, 0.3) is 0 Å². The van der Waals surface area contributed by atoms with Gasteiger partial charge < -0.3 is 10.1 Å². The molecular formula is C18H23NO. The van der Waals surface area contributed by atoms with Crippen LogP contribution in [-0.4, -0.2) is 7.11 Å². The van der Waals surface area contributed by atoms with Crippen LogP contribution in [-0.2, 0) is 13.0 Å². The summed E-state index contributed by atoms with van der Waals surface area (Å²) < 4.78 is 5.18. The lowest BCUT2D eigenvalue weighted by Crippen LogP contribution is -2.18. The van der Waals surface area contributed by atoms with E-state index in [9.17, 15) is 0 Å². The molecule has 0 amide bonds. The number of aryl methyl sites for hydroxylation is 1. The topological polar surface area (TPSA) is 21.3 Å². The molecule has 0 aliphatic heterocycles. The van der Waals surface area contributed by atoms with Gasteiger partial charge >= 0.3 is 0 Å². The van der Waals surface area contributed by atoms with Gasteiger partial charge in [0.2, 0.25) is 0 Å². The van der Waals surface area contributed by atoms with Crippen molar-refractivity contribution in [3.8, 4) is 5.75 Å². The van der Waals surface area contributed by atoms with E-state index < -0.39 is 0 Å². The molecule has 0 fully saturated rings. The van der Waals surface area contributed by atoms with Crippen LogP contribution in [0.15, 0.2) is 48.5 Å². The van der Waals surface area contributed by atoms with Crippen LogP contribution in [0.4, 0.5) is 0 Å². The third kappa shape index (κ3) is 3.84. The van der Waals surface area contributed by atoms with E-state index >= 15 is 0 Å². The summed E-state index contributed by atoms with van der Waals surface area (Å²) in [6.07, 6.45) is 1.09. The molecule has 0 unspecified atom stereocenters. The maximum Gasteiger partial charge on any atom is 0.118 e. The first kappa shape index (κ1) is 14.6. The number of nitrogens with one attached hydrogen (secondary N) is 1. The predicted octanol–water partition coefficient (Wildman–Crippen LogP) is 4.11. The zero-order valence-electron chi connectivity index (χ0n) is 12.5.